The fraction of sp³-hybridized carbons (Fsp3) is 0.175. The van der Waals surface area contributed by atoms with Crippen molar-refractivity contribution in [2.45, 2.75) is 117 Å². The van der Waals surface area contributed by atoms with E-state index in [4.69, 9.17) is 29.6 Å². The van der Waals surface area contributed by atoms with Crippen LogP contribution < -0.4 is 9.47 Å². The maximum Gasteiger partial charge on any atom is 2.00 e. The minimum absolute atomic E-state index is 0. The first-order chi connectivity index (χ1) is 54.4. The standard InChI is InChI=1S/C57H48N4O.C46H41N4O.3Pt/c1-55(2,40-19-10-7-11-20-40)43-26-29-52-50(34-43)49-28-27-47(37-53(49)61(52)54-35-44(30-31-58-54)56(3,4)41-21-12-8-13-22-41)62-48-33-45(57(5,6)42-23-14-9-15-24-42)32-46(36-48)60-38-39-18-16-17-25-51(39)59-60;1-30(2)31-21-22-47-44(23-31)50-42-20-17-34(46(6,7)33-14-9-8-10-15-33)26-40(42)39-19-18-37(28-43(39)50)51-38-25-35(45(3,4)5)24-36(27-38)49-29-32-13-11-12-16-41(32)48-49;;;/h7-35,38H,1-6H3;8-26,29H,1-7H3;;;/q-2;-3;;2*+2. The third-order valence-corrected chi connectivity index (χ3v) is 23.0. The Balaban J connectivity index is 0.000000190. The van der Waals surface area contributed by atoms with E-state index >= 15 is 0 Å². The molecule has 10 nitrogen and oxygen atoms in total. The summed E-state index contributed by atoms with van der Waals surface area (Å²) in [6.07, 6.45) is 7.90. The zero-order chi connectivity index (χ0) is 78.1. The van der Waals surface area contributed by atoms with Gasteiger partial charge in [0.1, 0.15) is 5.82 Å². The van der Waals surface area contributed by atoms with E-state index in [1.807, 2.05) is 76.5 Å². The molecule has 0 aliphatic heterocycles. The van der Waals surface area contributed by atoms with Crippen molar-refractivity contribution >= 4 is 65.4 Å². The predicted octanol–water partition coefficient (Wildman–Crippen LogP) is 25.4. The molecule has 6 heterocycles. The minimum Gasteiger partial charge on any atom is -0.509 e. The number of hydrogen-bond acceptors (Lipinski definition) is 6. The second-order valence-electron chi connectivity index (χ2n) is 33.0. The largest absolute Gasteiger partial charge is 2.00 e. The number of nitrogens with zero attached hydrogens (tertiary/aromatic N) is 8. The zero-order valence-corrected chi connectivity index (χ0v) is 74.0. The number of benzene rings is 12. The van der Waals surface area contributed by atoms with E-state index in [0.29, 0.717) is 23.0 Å². The average molecular weight is 2060 g/mol. The summed E-state index contributed by atoms with van der Waals surface area (Å²) in [5, 5.41) is 16.3. The summed E-state index contributed by atoms with van der Waals surface area (Å²) in [6.45, 7) is 29.1. The second-order valence-corrected chi connectivity index (χ2v) is 33.0. The van der Waals surface area contributed by atoms with Crippen molar-refractivity contribution < 1.29 is 72.7 Å². The first-order valence-electron chi connectivity index (χ1n) is 38.8. The number of ether oxygens (including phenoxy) is 2. The summed E-state index contributed by atoms with van der Waals surface area (Å²) < 4.78 is 21.8. The molecule has 0 saturated heterocycles. The van der Waals surface area contributed by atoms with E-state index in [-0.39, 0.29) is 90.3 Å². The number of fused-ring (bicyclic) bond motifs is 8. The van der Waals surface area contributed by atoms with Gasteiger partial charge in [0.2, 0.25) is 0 Å². The SMILES string of the molecule is CC(C)(c1ccccc1)c1cc(Oc2[c-]c3c(cc2)c2cc(C(C)(C)c4ccccc4)ccc2n3-c2cc(C(C)(C)c3ccccc3)ccn2)[c-]c(-n2cc3ccccc3n2)c1.C[C-](C)c1ccnc(-n2c3[c-]c(Oc4[c-]c(-n5cc6ccccc6n5)cc(C(C)(C)C)c4)ccc3c3cc(C(C)(C)c4ccccc4)ccc32)c1.[Pt+2].[Pt+2].[Pt]. The van der Waals surface area contributed by atoms with Crippen LogP contribution in [0.5, 0.6) is 23.0 Å². The molecule has 0 saturated carbocycles. The number of rotatable bonds is 17. The Hall–Kier alpha value is -11.0. The summed E-state index contributed by atoms with van der Waals surface area (Å²) in [5.74, 6) is 5.26. The third-order valence-electron chi connectivity index (χ3n) is 23.0. The van der Waals surface area contributed by atoms with E-state index in [0.717, 1.165) is 105 Å². The van der Waals surface area contributed by atoms with Gasteiger partial charge in [-0.15, -0.1) is 94.7 Å². The van der Waals surface area contributed by atoms with Crippen molar-refractivity contribution in [3.05, 3.63) is 390 Å². The molecule has 584 valence electrons. The molecule has 18 aromatic rings. The van der Waals surface area contributed by atoms with Crippen LogP contribution in [0, 0.1) is 30.2 Å². The van der Waals surface area contributed by atoms with E-state index < -0.39 is 0 Å². The Morgan fingerprint density at radius 2 is 0.690 bits per heavy atom. The number of aromatic nitrogens is 8. The molecule has 0 bridgehead atoms. The van der Waals surface area contributed by atoms with E-state index in [2.05, 4.69) is 360 Å². The summed E-state index contributed by atoms with van der Waals surface area (Å²) in [5.41, 5.74) is 18.2. The van der Waals surface area contributed by atoms with Gasteiger partial charge in [0.15, 0.2) is 0 Å². The van der Waals surface area contributed by atoms with Crippen LogP contribution in [0.2, 0.25) is 0 Å². The van der Waals surface area contributed by atoms with Crippen molar-refractivity contribution in [2.24, 2.45) is 0 Å². The number of pyridine rings is 2. The Morgan fingerprint density at radius 1 is 0.319 bits per heavy atom. The maximum absolute atomic E-state index is 6.87. The smallest absolute Gasteiger partial charge is 0.509 e. The quantitative estimate of drug-likeness (QED) is 0.0844. The van der Waals surface area contributed by atoms with Gasteiger partial charge in [-0.25, -0.2) is 4.98 Å². The van der Waals surface area contributed by atoms with Crippen LogP contribution >= 0.6 is 0 Å². The van der Waals surface area contributed by atoms with Crippen LogP contribution in [0.4, 0.5) is 0 Å². The Labute approximate surface area is 723 Å². The van der Waals surface area contributed by atoms with Gasteiger partial charge in [0.25, 0.3) is 0 Å². The first kappa shape index (κ1) is 81.6. The van der Waals surface area contributed by atoms with Gasteiger partial charge >= 0.3 is 42.1 Å². The molecular weight excluding hydrogens is 1970 g/mol. The molecule has 6 aromatic heterocycles. The minimum atomic E-state index is -0.342. The molecule has 0 amide bonds. The van der Waals surface area contributed by atoms with E-state index in [1.165, 1.54) is 44.9 Å². The summed E-state index contributed by atoms with van der Waals surface area (Å²) in [6, 6.07) is 112. The van der Waals surface area contributed by atoms with Crippen molar-refractivity contribution in [3.8, 4) is 46.0 Å². The maximum atomic E-state index is 6.87. The molecule has 0 radical (unpaired) electrons. The molecule has 116 heavy (non-hydrogen) atoms. The Morgan fingerprint density at radius 3 is 1.10 bits per heavy atom. The Kier molecular flexibility index (Phi) is 22.9. The van der Waals surface area contributed by atoms with Crippen LogP contribution in [-0.2, 0) is 90.3 Å². The van der Waals surface area contributed by atoms with Crippen LogP contribution in [0.1, 0.15) is 146 Å². The average Bonchev–Trinajstić information content (AvgIpc) is 1.58. The van der Waals surface area contributed by atoms with Crippen molar-refractivity contribution in [3.63, 3.8) is 0 Å². The fourth-order valence-corrected chi connectivity index (χ4v) is 15.7. The van der Waals surface area contributed by atoms with Gasteiger partial charge in [0, 0.05) is 101 Å². The molecule has 18 rings (SSSR count). The molecule has 12 aromatic carbocycles. The summed E-state index contributed by atoms with van der Waals surface area (Å²) in [7, 11) is 0. The zero-order valence-electron chi connectivity index (χ0n) is 67.2. The Bertz CT molecular complexity index is 6520. The molecule has 0 unspecified atom stereocenters. The normalized spacial score (nSPS) is 12.0. The van der Waals surface area contributed by atoms with E-state index in [1.54, 1.807) is 0 Å². The van der Waals surface area contributed by atoms with Crippen LogP contribution in [0.3, 0.4) is 0 Å². The second kappa shape index (κ2) is 32.6. The number of hydrogen-bond donors (Lipinski definition) is 0. The fourth-order valence-electron chi connectivity index (χ4n) is 15.7. The first-order valence-corrected chi connectivity index (χ1v) is 38.8. The van der Waals surface area contributed by atoms with Crippen LogP contribution in [-0.4, -0.2) is 38.7 Å². The van der Waals surface area contributed by atoms with Gasteiger partial charge in [-0.3, -0.25) is 14.3 Å². The van der Waals surface area contributed by atoms with Crippen LogP contribution in [0.25, 0.3) is 88.4 Å². The molecular formula is C103H89N8O2Pt3-. The molecule has 0 aliphatic rings. The van der Waals surface area contributed by atoms with Crippen molar-refractivity contribution in [2.75, 3.05) is 0 Å². The monoisotopic (exact) mass is 2050 g/mol. The van der Waals surface area contributed by atoms with Gasteiger partial charge in [-0.05, 0) is 115 Å². The molecule has 13 heteroatoms. The van der Waals surface area contributed by atoms with Gasteiger partial charge < -0.3 is 18.6 Å². The van der Waals surface area contributed by atoms with Crippen molar-refractivity contribution in [1.82, 2.24) is 38.7 Å². The summed E-state index contributed by atoms with van der Waals surface area (Å²) >= 11 is 0. The molecule has 0 atom stereocenters. The molecule has 0 fully saturated rings. The van der Waals surface area contributed by atoms with Gasteiger partial charge in [0.05, 0.1) is 16.9 Å². The summed E-state index contributed by atoms with van der Waals surface area (Å²) in [4.78, 5) is 9.91. The van der Waals surface area contributed by atoms with Crippen molar-refractivity contribution in [1.29, 1.82) is 0 Å². The van der Waals surface area contributed by atoms with E-state index in [9.17, 15) is 0 Å². The van der Waals surface area contributed by atoms with Gasteiger partial charge in [-0.2, -0.15) is 33.8 Å². The molecule has 0 aliphatic carbocycles. The van der Waals surface area contributed by atoms with Gasteiger partial charge in [-0.1, -0.05) is 283 Å². The topological polar surface area (TPSA) is 89.7 Å². The molecule has 0 N–H and O–H groups in total. The third kappa shape index (κ3) is 15.7. The molecule has 0 spiro atoms. The van der Waals surface area contributed by atoms with Crippen LogP contribution in [0.15, 0.2) is 304 Å². The predicted molar refractivity (Wildman–Crippen MR) is 461 cm³/mol.